The van der Waals surface area contributed by atoms with Gasteiger partial charge >= 0.3 is 0 Å². The number of aryl methyl sites for hydroxylation is 1. The maximum Gasteiger partial charge on any atom is 0.258 e. The molecule has 1 heterocycles. The van der Waals surface area contributed by atoms with Crippen LogP contribution in [0.5, 0.6) is 11.5 Å². The normalized spacial score (nSPS) is 12.4. The molecule has 0 saturated carbocycles. The molecular formula is C26H24FNO4. The predicted octanol–water partition coefficient (Wildman–Crippen LogP) is 4.75. The molecule has 3 aromatic carbocycles. The Bertz CT molecular complexity index is 1140. The Morgan fingerprint density at radius 1 is 1.06 bits per heavy atom. The first kappa shape index (κ1) is 21.6. The number of aldehydes is 1. The van der Waals surface area contributed by atoms with E-state index in [1.165, 1.54) is 6.07 Å². The second kappa shape index (κ2) is 9.64. The molecule has 0 N–H and O–H groups in total. The zero-order valence-electron chi connectivity index (χ0n) is 17.8. The third-order valence-electron chi connectivity index (χ3n) is 5.59. The van der Waals surface area contributed by atoms with E-state index >= 15 is 0 Å². The summed E-state index contributed by atoms with van der Waals surface area (Å²) in [6, 6.07) is 17.7. The van der Waals surface area contributed by atoms with Crippen molar-refractivity contribution in [1.29, 1.82) is 0 Å². The first-order chi connectivity index (χ1) is 15.6. The third-order valence-corrected chi connectivity index (χ3v) is 5.59. The molecular weight excluding hydrogens is 409 g/mol. The Balaban J connectivity index is 1.54. The molecule has 0 saturated heterocycles. The molecule has 0 aromatic heterocycles. The van der Waals surface area contributed by atoms with Crippen molar-refractivity contribution in [2.45, 2.75) is 25.9 Å². The molecule has 1 amide bonds. The largest absolute Gasteiger partial charge is 0.497 e. The van der Waals surface area contributed by atoms with Gasteiger partial charge in [-0.1, -0.05) is 30.3 Å². The van der Waals surface area contributed by atoms with Crippen LogP contribution in [0.25, 0.3) is 0 Å². The lowest BCUT2D eigenvalue weighted by Crippen LogP contribution is -2.29. The van der Waals surface area contributed by atoms with E-state index < -0.39 is 5.82 Å². The van der Waals surface area contributed by atoms with Gasteiger partial charge in [0.1, 0.15) is 30.2 Å². The molecule has 3 aromatic rings. The quantitative estimate of drug-likeness (QED) is 0.481. The molecule has 164 valence electrons. The summed E-state index contributed by atoms with van der Waals surface area (Å²) in [6.07, 6.45) is 2.19. The number of anilines is 1. The highest BCUT2D eigenvalue weighted by Gasteiger charge is 2.28. The van der Waals surface area contributed by atoms with Crippen molar-refractivity contribution in [3.63, 3.8) is 0 Å². The highest BCUT2D eigenvalue weighted by Crippen LogP contribution is 2.34. The Morgan fingerprint density at radius 3 is 2.69 bits per heavy atom. The smallest absolute Gasteiger partial charge is 0.258 e. The van der Waals surface area contributed by atoms with Gasteiger partial charge < -0.3 is 19.2 Å². The van der Waals surface area contributed by atoms with Crippen molar-refractivity contribution in [1.82, 2.24) is 0 Å². The van der Waals surface area contributed by atoms with E-state index in [0.29, 0.717) is 35.6 Å². The van der Waals surface area contributed by atoms with E-state index in [1.54, 1.807) is 48.4 Å². The third kappa shape index (κ3) is 4.49. The fourth-order valence-electron chi connectivity index (χ4n) is 3.96. The van der Waals surface area contributed by atoms with Crippen molar-refractivity contribution < 1.29 is 23.5 Å². The average Bonchev–Trinajstić information content (AvgIpc) is 3.26. The van der Waals surface area contributed by atoms with Gasteiger partial charge in [0, 0.05) is 30.2 Å². The van der Waals surface area contributed by atoms with Crippen LogP contribution < -0.4 is 14.4 Å². The van der Waals surface area contributed by atoms with Crippen LogP contribution in [-0.4, -0.2) is 25.8 Å². The monoisotopic (exact) mass is 433 g/mol. The van der Waals surface area contributed by atoms with Gasteiger partial charge in [0.15, 0.2) is 0 Å². The van der Waals surface area contributed by atoms with Gasteiger partial charge in [0.25, 0.3) is 5.91 Å². The molecule has 5 nitrogen and oxygen atoms in total. The summed E-state index contributed by atoms with van der Waals surface area (Å²) in [4.78, 5) is 25.5. The maximum atomic E-state index is 14.3. The zero-order chi connectivity index (χ0) is 22.5. The van der Waals surface area contributed by atoms with E-state index in [9.17, 15) is 14.0 Å². The lowest BCUT2D eigenvalue weighted by atomic mass is 10.1. The first-order valence-corrected chi connectivity index (χ1v) is 10.5. The van der Waals surface area contributed by atoms with Gasteiger partial charge in [0.05, 0.1) is 12.8 Å². The molecule has 4 rings (SSSR count). The predicted molar refractivity (Wildman–Crippen MR) is 120 cm³/mol. The summed E-state index contributed by atoms with van der Waals surface area (Å²) in [5.74, 6) is 0.544. The lowest BCUT2D eigenvalue weighted by Gasteiger charge is -2.21. The summed E-state index contributed by atoms with van der Waals surface area (Å²) in [6.45, 7) is 0.792. The van der Waals surface area contributed by atoms with E-state index in [2.05, 4.69) is 0 Å². The number of fused-ring (bicyclic) bond motifs is 1. The van der Waals surface area contributed by atoms with E-state index in [1.807, 2.05) is 18.2 Å². The topological polar surface area (TPSA) is 55.8 Å². The van der Waals surface area contributed by atoms with Crippen molar-refractivity contribution in [2.75, 3.05) is 18.6 Å². The number of ether oxygens (including phenoxy) is 2. The van der Waals surface area contributed by atoms with Crippen LogP contribution in [0.2, 0.25) is 0 Å². The molecule has 0 atom stereocenters. The average molecular weight is 433 g/mol. The Morgan fingerprint density at radius 2 is 1.91 bits per heavy atom. The van der Waals surface area contributed by atoms with Crippen LogP contribution in [0.1, 0.15) is 33.5 Å². The van der Waals surface area contributed by atoms with E-state index in [-0.39, 0.29) is 18.9 Å². The van der Waals surface area contributed by atoms with Crippen LogP contribution in [0.15, 0.2) is 60.7 Å². The molecule has 0 aliphatic carbocycles. The number of benzene rings is 3. The molecule has 1 aliphatic rings. The summed E-state index contributed by atoms with van der Waals surface area (Å²) in [5, 5.41) is 0. The van der Waals surface area contributed by atoms with Crippen LogP contribution >= 0.6 is 0 Å². The van der Waals surface area contributed by atoms with Gasteiger partial charge in [-0.2, -0.15) is 0 Å². The minimum atomic E-state index is -0.391. The minimum absolute atomic E-state index is 0.0966. The highest BCUT2D eigenvalue weighted by molar-refractivity contribution is 6.08. The second-order valence-electron chi connectivity index (χ2n) is 7.61. The van der Waals surface area contributed by atoms with Gasteiger partial charge in [-0.3, -0.25) is 4.79 Å². The molecule has 1 aliphatic heterocycles. The minimum Gasteiger partial charge on any atom is -0.497 e. The van der Waals surface area contributed by atoms with Crippen molar-refractivity contribution in [3.05, 3.63) is 88.7 Å². The number of carbonyl (C=O) groups excluding carboxylic acids is 2. The summed E-state index contributed by atoms with van der Waals surface area (Å²) < 4.78 is 25.4. The second-order valence-corrected chi connectivity index (χ2v) is 7.61. The van der Waals surface area contributed by atoms with Crippen LogP contribution in [0.3, 0.4) is 0 Å². The number of amides is 1. The highest BCUT2D eigenvalue weighted by atomic mass is 19.1. The van der Waals surface area contributed by atoms with Gasteiger partial charge in [-0.05, 0) is 48.2 Å². The summed E-state index contributed by atoms with van der Waals surface area (Å²) in [7, 11) is 1.57. The first-order valence-electron chi connectivity index (χ1n) is 10.5. The van der Waals surface area contributed by atoms with Crippen molar-refractivity contribution in [2.24, 2.45) is 0 Å². The van der Waals surface area contributed by atoms with Gasteiger partial charge in [-0.25, -0.2) is 4.39 Å². The Hall–Kier alpha value is -3.67. The van der Waals surface area contributed by atoms with E-state index in [4.69, 9.17) is 9.47 Å². The van der Waals surface area contributed by atoms with E-state index in [0.717, 1.165) is 29.5 Å². The fraction of sp³-hybridized carbons (Fsp3) is 0.231. The van der Waals surface area contributed by atoms with Crippen LogP contribution in [0, 0.1) is 5.82 Å². The van der Waals surface area contributed by atoms with Crippen molar-refractivity contribution >= 4 is 17.9 Å². The van der Waals surface area contributed by atoms with Gasteiger partial charge in [-0.15, -0.1) is 0 Å². The summed E-state index contributed by atoms with van der Waals surface area (Å²) in [5.41, 5.74) is 3.84. The maximum absolute atomic E-state index is 14.3. The number of hydrogen-bond acceptors (Lipinski definition) is 4. The van der Waals surface area contributed by atoms with Crippen LogP contribution in [0.4, 0.5) is 10.1 Å². The standard InChI is InChI=1S/C26H24FNO4/c1-31-22-9-3-6-20(15-22)26(30)28-13-12-19-5-2-7-21(25(19)28)17-32-23-11-10-18(8-4-14-29)24(27)16-23/h2-3,5-7,9-11,14-16H,4,8,12-13,17H2,1H3. The molecule has 0 spiro atoms. The number of nitrogens with zero attached hydrogens (tertiary/aromatic N) is 1. The number of rotatable bonds is 8. The Kier molecular flexibility index (Phi) is 6.50. The Labute approximate surface area is 186 Å². The molecule has 0 unspecified atom stereocenters. The number of carbonyl (C=O) groups is 2. The summed E-state index contributed by atoms with van der Waals surface area (Å²) >= 11 is 0. The molecule has 32 heavy (non-hydrogen) atoms. The van der Waals surface area contributed by atoms with Crippen LogP contribution in [-0.2, 0) is 24.2 Å². The molecule has 0 radical (unpaired) electrons. The number of halogens is 1. The molecule has 6 heteroatoms. The number of hydrogen-bond donors (Lipinski definition) is 0. The zero-order valence-corrected chi connectivity index (χ0v) is 17.8. The number of methoxy groups -OCH3 is 1. The van der Waals surface area contributed by atoms with Gasteiger partial charge in [0.2, 0.25) is 0 Å². The fourth-order valence-corrected chi connectivity index (χ4v) is 3.96. The molecule has 0 bridgehead atoms. The van der Waals surface area contributed by atoms with Crippen molar-refractivity contribution in [3.8, 4) is 11.5 Å². The SMILES string of the molecule is COc1cccc(C(=O)N2CCc3cccc(COc4ccc(CCC=O)c(F)c4)c32)c1. The molecule has 0 fully saturated rings. The lowest BCUT2D eigenvalue weighted by molar-refractivity contribution is -0.107. The number of para-hydroxylation sites is 1.